The van der Waals surface area contributed by atoms with Crippen molar-refractivity contribution in [2.24, 2.45) is 0 Å². The number of nitriles is 2. The van der Waals surface area contributed by atoms with Gasteiger partial charge in [0, 0.05) is 11.1 Å². The van der Waals surface area contributed by atoms with Crippen LogP contribution in [0.1, 0.15) is 11.1 Å². The molecule has 0 amide bonds. The zero-order valence-corrected chi connectivity index (χ0v) is 10.7. The highest BCUT2D eigenvalue weighted by atomic mass is 35.5. The second kappa shape index (κ2) is 4.96. The maximum atomic E-state index is 11.8. The van der Waals surface area contributed by atoms with E-state index in [1.54, 1.807) is 12.1 Å². The van der Waals surface area contributed by atoms with Gasteiger partial charge in [0.15, 0.2) is 0 Å². The standard InChI is InChI=1S/C13H7ClN4O2/c14-8-2-1-3-9(19)11(8)10-6(4-15)12(17)18-13(20)7(10)5-16/h1-3,19H,(H3,17,18,20). The fraction of sp³-hybridized carbons (Fsp3) is 0. The molecule has 6 nitrogen and oxygen atoms in total. The number of benzene rings is 1. The number of H-pyrrole nitrogens is 1. The molecule has 0 aliphatic carbocycles. The molecule has 0 radical (unpaired) electrons. The summed E-state index contributed by atoms with van der Waals surface area (Å²) in [5.74, 6) is -0.443. The van der Waals surface area contributed by atoms with Crippen LogP contribution in [0.15, 0.2) is 23.0 Å². The van der Waals surface area contributed by atoms with Crippen LogP contribution in [0.25, 0.3) is 11.1 Å². The number of nitrogen functional groups attached to an aromatic ring is 1. The molecule has 0 saturated heterocycles. The minimum Gasteiger partial charge on any atom is -0.507 e. The average Bonchev–Trinajstić information content (AvgIpc) is 2.38. The van der Waals surface area contributed by atoms with E-state index in [4.69, 9.17) is 27.9 Å². The lowest BCUT2D eigenvalue weighted by Gasteiger charge is -2.11. The van der Waals surface area contributed by atoms with Crippen molar-refractivity contribution in [3.05, 3.63) is 44.7 Å². The van der Waals surface area contributed by atoms with E-state index in [2.05, 4.69) is 4.98 Å². The summed E-state index contributed by atoms with van der Waals surface area (Å²) in [6.45, 7) is 0. The second-order valence-electron chi connectivity index (χ2n) is 3.85. The van der Waals surface area contributed by atoms with Crippen LogP contribution in [-0.2, 0) is 0 Å². The summed E-state index contributed by atoms with van der Waals surface area (Å²) < 4.78 is 0. The largest absolute Gasteiger partial charge is 0.507 e. The first-order chi connectivity index (χ1) is 9.51. The number of aromatic amines is 1. The molecule has 1 aromatic heterocycles. The van der Waals surface area contributed by atoms with Crippen LogP contribution < -0.4 is 11.3 Å². The number of nitrogens with one attached hydrogen (secondary N) is 1. The molecular formula is C13H7ClN4O2. The SMILES string of the molecule is N#Cc1c(N)[nH]c(=O)c(C#N)c1-c1c(O)cccc1Cl. The number of halogens is 1. The Kier molecular flexibility index (Phi) is 3.34. The quantitative estimate of drug-likeness (QED) is 0.735. The van der Waals surface area contributed by atoms with E-state index >= 15 is 0 Å². The van der Waals surface area contributed by atoms with Gasteiger partial charge in [-0.15, -0.1) is 0 Å². The van der Waals surface area contributed by atoms with Gasteiger partial charge in [0.05, 0.1) is 5.02 Å². The van der Waals surface area contributed by atoms with Crippen LogP contribution in [0.4, 0.5) is 5.82 Å². The zero-order chi connectivity index (χ0) is 14.9. The third-order valence-electron chi connectivity index (χ3n) is 2.71. The average molecular weight is 287 g/mol. The number of aromatic hydroxyl groups is 1. The van der Waals surface area contributed by atoms with Gasteiger partial charge < -0.3 is 15.8 Å². The summed E-state index contributed by atoms with van der Waals surface area (Å²) in [7, 11) is 0. The van der Waals surface area contributed by atoms with Crippen molar-refractivity contribution in [2.75, 3.05) is 5.73 Å². The van der Waals surface area contributed by atoms with E-state index in [1.807, 2.05) is 0 Å². The Bertz CT molecular complexity index is 823. The van der Waals surface area contributed by atoms with Gasteiger partial charge in [-0.3, -0.25) is 4.79 Å². The van der Waals surface area contributed by atoms with Crippen LogP contribution in [0.3, 0.4) is 0 Å². The van der Waals surface area contributed by atoms with Gasteiger partial charge in [0.25, 0.3) is 5.56 Å². The van der Waals surface area contributed by atoms with E-state index in [9.17, 15) is 9.90 Å². The highest BCUT2D eigenvalue weighted by molar-refractivity contribution is 6.33. The van der Waals surface area contributed by atoms with Gasteiger partial charge in [-0.1, -0.05) is 17.7 Å². The van der Waals surface area contributed by atoms with Crippen LogP contribution in [-0.4, -0.2) is 10.1 Å². The van der Waals surface area contributed by atoms with E-state index in [0.29, 0.717) is 0 Å². The first kappa shape index (κ1) is 13.5. The Labute approximate surface area is 118 Å². The maximum absolute atomic E-state index is 11.8. The summed E-state index contributed by atoms with van der Waals surface area (Å²) in [4.78, 5) is 14.0. The van der Waals surface area contributed by atoms with Crippen LogP contribution in [0.5, 0.6) is 5.75 Å². The molecule has 0 unspecified atom stereocenters. The lowest BCUT2D eigenvalue weighted by molar-refractivity contribution is 0.477. The van der Waals surface area contributed by atoms with E-state index < -0.39 is 5.56 Å². The summed E-state index contributed by atoms with van der Waals surface area (Å²) in [5.41, 5.74) is 4.33. The highest BCUT2D eigenvalue weighted by Gasteiger charge is 2.22. The number of nitrogens with two attached hydrogens (primary N) is 1. The monoisotopic (exact) mass is 286 g/mol. The lowest BCUT2D eigenvalue weighted by atomic mass is 9.96. The predicted molar refractivity (Wildman–Crippen MR) is 73.0 cm³/mol. The molecule has 7 heteroatoms. The summed E-state index contributed by atoms with van der Waals surface area (Å²) >= 11 is 5.99. The zero-order valence-electron chi connectivity index (χ0n) is 9.94. The molecule has 98 valence electrons. The predicted octanol–water partition coefficient (Wildman–Crippen LogP) is 1.73. The number of phenols is 1. The van der Waals surface area contributed by atoms with Gasteiger partial charge in [0.1, 0.15) is 34.8 Å². The van der Waals surface area contributed by atoms with Crippen molar-refractivity contribution in [1.29, 1.82) is 10.5 Å². The molecule has 0 spiro atoms. The molecule has 0 aliphatic heterocycles. The Morgan fingerprint density at radius 2 is 1.85 bits per heavy atom. The number of hydrogen-bond acceptors (Lipinski definition) is 5. The number of phenolic OH excluding ortho intramolecular Hbond substituents is 1. The molecule has 2 rings (SSSR count). The Balaban J connectivity index is 3.05. The first-order valence-corrected chi connectivity index (χ1v) is 5.72. The van der Waals surface area contributed by atoms with Gasteiger partial charge >= 0.3 is 0 Å². The van der Waals surface area contributed by atoms with Gasteiger partial charge in [-0.25, -0.2) is 0 Å². The van der Waals surface area contributed by atoms with E-state index in [-0.39, 0.29) is 38.8 Å². The number of anilines is 1. The van der Waals surface area contributed by atoms with E-state index in [0.717, 1.165) is 0 Å². The number of pyridine rings is 1. The lowest BCUT2D eigenvalue weighted by Crippen LogP contribution is -2.16. The minimum atomic E-state index is -0.752. The topological polar surface area (TPSA) is 127 Å². The Morgan fingerprint density at radius 1 is 1.20 bits per heavy atom. The minimum absolute atomic E-state index is 0.0278. The summed E-state index contributed by atoms with van der Waals surface area (Å²) in [6.07, 6.45) is 0. The van der Waals surface area contributed by atoms with Crippen LogP contribution in [0.2, 0.25) is 5.02 Å². The molecule has 2 aromatic rings. The van der Waals surface area contributed by atoms with E-state index in [1.165, 1.54) is 18.2 Å². The molecule has 20 heavy (non-hydrogen) atoms. The fourth-order valence-electron chi connectivity index (χ4n) is 1.85. The molecule has 0 saturated carbocycles. The van der Waals surface area contributed by atoms with Crippen LogP contribution >= 0.6 is 11.6 Å². The van der Waals surface area contributed by atoms with Gasteiger partial charge in [-0.2, -0.15) is 10.5 Å². The van der Waals surface area contributed by atoms with Gasteiger partial charge in [0.2, 0.25) is 0 Å². The number of nitrogens with zero attached hydrogens (tertiary/aromatic N) is 2. The summed E-state index contributed by atoms with van der Waals surface area (Å²) in [5, 5.41) is 28.3. The molecule has 0 aliphatic rings. The van der Waals surface area contributed by atoms with Crippen molar-refractivity contribution < 1.29 is 5.11 Å². The number of rotatable bonds is 1. The molecule has 0 bridgehead atoms. The summed E-state index contributed by atoms with van der Waals surface area (Å²) in [6, 6.07) is 7.80. The number of aromatic nitrogens is 1. The molecule has 0 atom stereocenters. The highest BCUT2D eigenvalue weighted by Crippen LogP contribution is 2.39. The number of hydrogen-bond donors (Lipinski definition) is 3. The third-order valence-corrected chi connectivity index (χ3v) is 3.02. The van der Waals surface area contributed by atoms with Crippen molar-refractivity contribution in [3.63, 3.8) is 0 Å². The first-order valence-electron chi connectivity index (χ1n) is 5.35. The fourth-order valence-corrected chi connectivity index (χ4v) is 2.12. The smallest absolute Gasteiger partial charge is 0.268 e. The molecule has 1 aromatic carbocycles. The van der Waals surface area contributed by atoms with Crippen molar-refractivity contribution >= 4 is 17.4 Å². The van der Waals surface area contributed by atoms with Crippen molar-refractivity contribution in [2.45, 2.75) is 0 Å². The third kappa shape index (κ3) is 1.95. The normalized spacial score (nSPS) is 9.75. The van der Waals surface area contributed by atoms with Crippen LogP contribution in [0, 0.1) is 22.7 Å². The second-order valence-corrected chi connectivity index (χ2v) is 4.26. The molecular weight excluding hydrogens is 280 g/mol. The molecule has 0 fully saturated rings. The molecule has 4 N–H and O–H groups in total. The Morgan fingerprint density at radius 3 is 2.40 bits per heavy atom. The van der Waals surface area contributed by atoms with Gasteiger partial charge in [-0.05, 0) is 12.1 Å². The maximum Gasteiger partial charge on any atom is 0.268 e. The molecule has 1 heterocycles. The van der Waals surface area contributed by atoms with Crippen molar-refractivity contribution in [1.82, 2.24) is 4.98 Å². The van der Waals surface area contributed by atoms with Crippen molar-refractivity contribution in [3.8, 4) is 29.0 Å². The Hall–Kier alpha value is -2.96.